The number of carbonyl (C=O) groups excluding carboxylic acids is 1. The van der Waals surface area contributed by atoms with Crippen LogP contribution in [0.3, 0.4) is 0 Å². The first-order valence-corrected chi connectivity index (χ1v) is 11.0. The molecule has 1 fully saturated rings. The molecule has 1 atom stereocenters. The van der Waals surface area contributed by atoms with Gasteiger partial charge in [-0.05, 0) is 63.1 Å². The van der Waals surface area contributed by atoms with E-state index in [0.717, 1.165) is 52.5 Å². The van der Waals surface area contributed by atoms with E-state index in [9.17, 15) is 4.79 Å². The third-order valence-corrected chi connectivity index (χ3v) is 6.75. The second kappa shape index (κ2) is 7.28. The number of aryl methyl sites for hydroxylation is 2. The standard InChI is InChI=1S/C23H24N4OS/c1-13-8-14(2)25-20(13)10-18-17-9-15(5-6-19(17)26-22(18)28)21-12-29-23(27-21)16-4-3-7-24-11-16/h5-6,8-10,12,16,24-25H,3-4,7,11H2,1-2H3,(H,26,28). The minimum atomic E-state index is -0.0592. The van der Waals surface area contributed by atoms with Gasteiger partial charge in [-0.25, -0.2) is 4.98 Å². The predicted molar refractivity (Wildman–Crippen MR) is 119 cm³/mol. The molecule has 1 amide bonds. The lowest BCUT2D eigenvalue weighted by Crippen LogP contribution is -2.28. The maximum Gasteiger partial charge on any atom is 0.256 e. The normalized spacial score (nSPS) is 20.1. The van der Waals surface area contributed by atoms with Crippen molar-refractivity contribution in [1.82, 2.24) is 15.3 Å². The van der Waals surface area contributed by atoms with Crippen LogP contribution in [-0.2, 0) is 4.79 Å². The second-order valence-corrected chi connectivity index (χ2v) is 8.83. The number of carbonyl (C=O) groups is 1. The van der Waals surface area contributed by atoms with Gasteiger partial charge >= 0.3 is 0 Å². The highest BCUT2D eigenvalue weighted by Gasteiger charge is 2.26. The Bertz CT molecular complexity index is 1120. The molecular formula is C23H24N4OS. The first-order valence-electron chi connectivity index (χ1n) is 10.1. The van der Waals surface area contributed by atoms with Crippen molar-refractivity contribution in [2.24, 2.45) is 0 Å². The number of hydrogen-bond donors (Lipinski definition) is 3. The quantitative estimate of drug-likeness (QED) is 0.554. The zero-order chi connectivity index (χ0) is 20.0. The van der Waals surface area contributed by atoms with Gasteiger partial charge < -0.3 is 15.6 Å². The topological polar surface area (TPSA) is 69.8 Å². The highest BCUT2D eigenvalue weighted by molar-refractivity contribution is 7.10. The Morgan fingerprint density at radius 3 is 2.90 bits per heavy atom. The Morgan fingerprint density at radius 1 is 1.24 bits per heavy atom. The molecule has 5 rings (SSSR count). The molecule has 148 valence electrons. The number of nitrogens with zero attached hydrogens (tertiary/aromatic N) is 1. The minimum Gasteiger partial charge on any atom is -0.359 e. The molecule has 0 bridgehead atoms. The number of aromatic nitrogens is 2. The van der Waals surface area contributed by atoms with Crippen LogP contribution in [0.5, 0.6) is 0 Å². The molecule has 0 radical (unpaired) electrons. The van der Waals surface area contributed by atoms with E-state index in [1.54, 1.807) is 11.3 Å². The van der Waals surface area contributed by atoms with E-state index in [2.05, 4.69) is 40.1 Å². The smallest absolute Gasteiger partial charge is 0.256 e. The number of benzene rings is 1. The summed E-state index contributed by atoms with van der Waals surface area (Å²) in [5, 5.41) is 9.79. The molecule has 6 heteroatoms. The summed E-state index contributed by atoms with van der Waals surface area (Å²) in [7, 11) is 0. The molecule has 2 aromatic heterocycles. The fourth-order valence-electron chi connectivity index (χ4n) is 4.20. The zero-order valence-electron chi connectivity index (χ0n) is 16.6. The van der Waals surface area contributed by atoms with Crippen molar-refractivity contribution < 1.29 is 4.79 Å². The number of thiazole rings is 1. The highest BCUT2D eigenvalue weighted by atomic mass is 32.1. The van der Waals surface area contributed by atoms with E-state index < -0.39 is 0 Å². The monoisotopic (exact) mass is 404 g/mol. The fourth-order valence-corrected chi connectivity index (χ4v) is 5.17. The van der Waals surface area contributed by atoms with Crippen molar-refractivity contribution in [2.45, 2.75) is 32.6 Å². The van der Waals surface area contributed by atoms with Crippen LogP contribution >= 0.6 is 11.3 Å². The summed E-state index contributed by atoms with van der Waals surface area (Å²) < 4.78 is 0. The Hall–Kier alpha value is -2.70. The van der Waals surface area contributed by atoms with Gasteiger partial charge in [-0.15, -0.1) is 11.3 Å². The van der Waals surface area contributed by atoms with Gasteiger partial charge in [0.25, 0.3) is 5.91 Å². The molecule has 4 heterocycles. The van der Waals surface area contributed by atoms with Gasteiger partial charge in [-0.1, -0.05) is 6.07 Å². The molecule has 3 aromatic rings. The summed E-state index contributed by atoms with van der Waals surface area (Å²) in [6, 6.07) is 8.21. The molecule has 3 N–H and O–H groups in total. The fraction of sp³-hybridized carbons (Fsp3) is 0.304. The molecule has 0 spiro atoms. The van der Waals surface area contributed by atoms with E-state index in [1.165, 1.54) is 17.8 Å². The number of aromatic amines is 1. The average molecular weight is 405 g/mol. The van der Waals surface area contributed by atoms with Gasteiger partial charge in [0.1, 0.15) is 0 Å². The van der Waals surface area contributed by atoms with Gasteiger partial charge in [0.05, 0.1) is 16.3 Å². The molecule has 5 nitrogen and oxygen atoms in total. The van der Waals surface area contributed by atoms with Gasteiger partial charge in [0, 0.05) is 46.0 Å². The van der Waals surface area contributed by atoms with Crippen LogP contribution in [0.1, 0.15) is 46.3 Å². The predicted octanol–water partition coefficient (Wildman–Crippen LogP) is 4.71. The van der Waals surface area contributed by atoms with Crippen LogP contribution < -0.4 is 10.6 Å². The van der Waals surface area contributed by atoms with Crippen molar-refractivity contribution in [3.8, 4) is 11.3 Å². The summed E-state index contributed by atoms with van der Waals surface area (Å²) in [6.45, 7) is 6.20. The van der Waals surface area contributed by atoms with Gasteiger partial charge in [-0.3, -0.25) is 4.79 Å². The lowest BCUT2D eigenvalue weighted by atomic mass is 10.00. The van der Waals surface area contributed by atoms with E-state index >= 15 is 0 Å². The third kappa shape index (κ3) is 3.43. The third-order valence-electron chi connectivity index (χ3n) is 5.74. The molecule has 2 aliphatic rings. The molecule has 0 aliphatic carbocycles. The van der Waals surface area contributed by atoms with Crippen LogP contribution in [0, 0.1) is 13.8 Å². The Kier molecular flexibility index (Phi) is 4.60. The van der Waals surface area contributed by atoms with Crippen LogP contribution in [0.25, 0.3) is 22.9 Å². The van der Waals surface area contributed by atoms with Crippen LogP contribution in [-0.4, -0.2) is 29.0 Å². The molecular weight excluding hydrogens is 380 g/mol. The Labute approximate surface area is 174 Å². The average Bonchev–Trinajstić information content (AvgIpc) is 3.41. The summed E-state index contributed by atoms with van der Waals surface area (Å²) in [5.41, 5.74) is 7.74. The van der Waals surface area contributed by atoms with Crippen LogP contribution in [0.2, 0.25) is 0 Å². The van der Waals surface area contributed by atoms with E-state index in [1.807, 2.05) is 25.1 Å². The summed E-state index contributed by atoms with van der Waals surface area (Å²) in [4.78, 5) is 20.9. The zero-order valence-corrected chi connectivity index (χ0v) is 17.5. The first kappa shape index (κ1) is 18.3. The van der Waals surface area contributed by atoms with Gasteiger partial charge in [0.2, 0.25) is 0 Å². The lowest BCUT2D eigenvalue weighted by Gasteiger charge is -2.20. The number of rotatable bonds is 3. The van der Waals surface area contributed by atoms with Crippen molar-refractivity contribution in [2.75, 3.05) is 18.4 Å². The lowest BCUT2D eigenvalue weighted by molar-refractivity contribution is -0.110. The molecule has 29 heavy (non-hydrogen) atoms. The second-order valence-electron chi connectivity index (χ2n) is 7.94. The minimum absolute atomic E-state index is 0.0592. The van der Waals surface area contributed by atoms with E-state index in [0.29, 0.717) is 11.5 Å². The SMILES string of the molecule is Cc1cc(C)c(C=C2C(=O)Nc3ccc(-c4csc(C5CCCNC5)n4)cc32)[nH]1. The van der Waals surface area contributed by atoms with E-state index in [4.69, 9.17) is 4.98 Å². The summed E-state index contributed by atoms with van der Waals surface area (Å²) >= 11 is 1.74. The number of amides is 1. The number of nitrogens with one attached hydrogen (secondary N) is 3. The van der Waals surface area contributed by atoms with Crippen LogP contribution in [0.4, 0.5) is 5.69 Å². The number of anilines is 1. The maximum atomic E-state index is 12.6. The number of hydrogen-bond acceptors (Lipinski definition) is 4. The van der Waals surface area contributed by atoms with Crippen molar-refractivity contribution >= 4 is 34.6 Å². The molecule has 1 unspecified atom stereocenters. The molecule has 0 saturated carbocycles. The number of H-pyrrole nitrogens is 1. The van der Waals surface area contributed by atoms with E-state index in [-0.39, 0.29) is 5.91 Å². The first-order chi connectivity index (χ1) is 14.1. The number of fused-ring (bicyclic) bond motifs is 1. The Morgan fingerprint density at radius 2 is 2.14 bits per heavy atom. The molecule has 2 aliphatic heterocycles. The Balaban J connectivity index is 1.49. The van der Waals surface area contributed by atoms with Crippen molar-refractivity contribution in [3.63, 3.8) is 0 Å². The molecule has 1 aromatic carbocycles. The van der Waals surface area contributed by atoms with Crippen molar-refractivity contribution in [3.05, 3.63) is 57.2 Å². The highest BCUT2D eigenvalue weighted by Crippen LogP contribution is 2.37. The van der Waals surface area contributed by atoms with Gasteiger partial charge in [0.15, 0.2) is 0 Å². The maximum absolute atomic E-state index is 12.6. The molecule has 1 saturated heterocycles. The summed E-state index contributed by atoms with van der Waals surface area (Å²) in [5.74, 6) is 0.450. The van der Waals surface area contributed by atoms with Crippen LogP contribution in [0.15, 0.2) is 29.6 Å². The van der Waals surface area contributed by atoms with Gasteiger partial charge in [-0.2, -0.15) is 0 Å². The summed E-state index contributed by atoms with van der Waals surface area (Å²) in [6.07, 6.45) is 4.36. The number of piperidine rings is 1. The van der Waals surface area contributed by atoms with Crippen molar-refractivity contribution in [1.29, 1.82) is 0 Å². The largest absolute Gasteiger partial charge is 0.359 e.